The van der Waals surface area contributed by atoms with Crippen LogP contribution >= 0.6 is 22.9 Å². The van der Waals surface area contributed by atoms with Gasteiger partial charge in [0.15, 0.2) is 11.6 Å². The number of hydrogen-bond donors (Lipinski definition) is 2. The second-order valence-corrected chi connectivity index (χ2v) is 10.5. The summed E-state index contributed by atoms with van der Waals surface area (Å²) in [5, 5.41) is 14.2. The first kappa shape index (κ1) is 21.1. The molecule has 2 bridgehead atoms. The molecule has 0 spiro atoms. The van der Waals surface area contributed by atoms with E-state index in [2.05, 4.69) is 20.2 Å². The monoisotopic (exact) mass is 510 g/mol. The third-order valence-corrected chi connectivity index (χ3v) is 8.72. The number of piperazine rings is 1. The number of rotatable bonds is 1. The molecule has 2 aromatic carbocycles. The zero-order chi connectivity index (χ0) is 24.0. The van der Waals surface area contributed by atoms with Crippen LogP contribution in [0.2, 0.25) is 5.02 Å². The zero-order valence-electron chi connectivity index (χ0n) is 18.1. The van der Waals surface area contributed by atoms with Crippen molar-refractivity contribution in [3.8, 4) is 22.9 Å². The molecule has 3 atom stereocenters. The number of fused-ring (bicyclic) bond motifs is 6. The first-order chi connectivity index (χ1) is 17.0. The van der Waals surface area contributed by atoms with Crippen molar-refractivity contribution < 1.29 is 13.5 Å². The fourth-order valence-corrected chi connectivity index (χ4v) is 7.08. The maximum Gasteiger partial charge on any atom is 0.159 e. The van der Waals surface area contributed by atoms with E-state index in [9.17, 15) is 9.65 Å². The molecule has 4 aromatic rings. The molecule has 2 aromatic heterocycles. The number of anilines is 2. The van der Waals surface area contributed by atoms with Crippen LogP contribution < -0.4 is 20.7 Å². The molecular formula is C24H17ClF2N6OS. The first-order valence-electron chi connectivity index (χ1n) is 11.2. The maximum absolute atomic E-state index is 16.3. The Balaban J connectivity index is 1.54. The average Bonchev–Trinajstić information content (AvgIpc) is 3.35. The number of nitrogens with zero attached hydrogens (tertiary/aromatic N) is 4. The van der Waals surface area contributed by atoms with Gasteiger partial charge < -0.3 is 20.7 Å². The van der Waals surface area contributed by atoms with E-state index < -0.39 is 11.6 Å². The van der Waals surface area contributed by atoms with Gasteiger partial charge in [0, 0.05) is 29.6 Å². The molecule has 5 heterocycles. The minimum atomic E-state index is -0.681. The van der Waals surface area contributed by atoms with Crippen molar-refractivity contribution in [1.82, 2.24) is 15.3 Å². The third kappa shape index (κ3) is 2.77. The van der Waals surface area contributed by atoms with Crippen LogP contribution in [-0.2, 0) is 0 Å². The van der Waals surface area contributed by atoms with Crippen molar-refractivity contribution in [2.24, 2.45) is 0 Å². The van der Waals surface area contributed by atoms with Gasteiger partial charge >= 0.3 is 0 Å². The predicted octanol–water partition coefficient (Wildman–Crippen LogP) is 4.60. The van der Waals surface area contributed by atoms with Crippen LogP contribution in [0.5, 0.6) is 5.75 Å². The molecule has 0 aliphatic carbocycles. The van der Waals surface area contributed by atoms with Crippen LogP contribution in [0.25, 0.3) is 32.1 Å². The lowest BCUT2D eigenvalue weighted by Gasteiger charge is -2.40. The largest absolute Gasteiger partial charge is 0.489 e. The van der Waals surface area contributed by atoms with Crippen LogP contribution in [0.1, 0.15) is 18.4 Å². The molecule has 35 heavy (non-hydrogen) atoms. The zero-order valence-corrected chi connectivity index (χ0v) is 19.7. The molecule has 2 fully saturated rings. The lowest BCUT2D eigenvalue weighted by atomic mass is 9.96. The molecule has 176 valence electrons. The maximum atomic E-state index is 16.3. The Kier molecular flexibility index (Phi) is 4.43. The predicted molar refractivity (Wildman–Crippen MR) is 131 cm³/mol. The minimum absolute atomic E-state index is 0.00219. The van der Waals surface area contributed by atoms with Gasteiger partial charge in [-0.25, -0.2) is 18.7 Å². The van der Waals surface area contributed by atoms with Crippen molar-refractivity contribution in [2.45, 2.75) is 31.0 Å². The number of benzene rings is 2. The Morgan fingerprint density at radius 1 is 1.26 bits per heavy atom. The molecule has 3 N–H and O–H groups in total. The fourth-order valence-electron chi connectivity index (χ4n) is 5.79. The molecule has 0 amide bonds. The van der Waals surface area contributed by atoms with E-state index in [1.165, 1.54) is 18.5 Å². The van der Waals surface area contributed by atoms with Crippen molar-refractivity contribution in [1.29, 1.82) is 5.26 Å². The highest BCUT2D eigenvalue weighted by Crippen LogP contribution is 2.51. The Morgan fingerprint density at radius 3 is 2.94 bits per heavy atom. The molecule has 0 radical (unpaired) electrons. The first-order valence-corrected chi connectivity index (χ1v) is 12.4. The highest BCUT2D eigenvalue weighted by Gasteiger charge is 2.44. The van der Waals surface area contributed by atoms with E-state index in [4.69, 9.17) is 22.1 Å². The number of nitrogens with one attached hydrogen (secondary N) is 1. The molecule has 7 nitrogen and oxygen atoms in total. The number of ether oxygens (including phenoxy) is 1. The second-order valence-electron chi connectivity index (χ2n) is 9.08. The minimum Gasteiger partial charge on any atom is -0.489 e. The molecule has 3 aliphatic heterocycles. The molecule has 2 saturated heterocycles. The van der Waals surface area contributed by atoms with Gasteiger partial charge in [-0.3, -0.25) is 0 Å². The number of nitriles is 1. The number of halogens is 3. The van der Waals surface area contributed by atoms with Crippen LogP contribution in [0.15, 0.2) is 18.5 Å². The molecule has 11 heteroatoms. The summed E-state index contributed by atoms with van der Waals surface area (Å²) in [5.74, 6) is -0.338. The summed E-state index contributed by atoms with van der Waals surface area (Å²) in [7, 11) is 0. The number of nitrogens with two attached hydrogens (primary N) is 1. The van der Waals surface area contributed by atoms with Crippen molar-refractivity contribution in [3.05, 3.63) is 40.7 Å². The van der Waals surface area contributed by atoms with Gasteiger partial charge in [-0.2, -0.15) is 5.26 Å². The highest BCUT2D eigenvalue weighted by atomic mass is 35.5. The molecule has 7 rings (SSSR count). The molecule has 2 unspecified atom stereocenters. The number of aromatic nitrogens is 2. The third-order valence-electron chi connectivity index (χ3n) is 7.33. The molecule has 3 aliphatic rings. The van der Waals surface area contributed by atoms with E-state index in [1.807, 2.05) is 6.07 Å². The smallest absolute Gasteiger partial charge is 0.159 e. The summed E-state index contributed by atoms with van der Waals surface area (Å²) in [4.78, 5) is 11.0. The van der Waals surface area contributed by atoms with E-state index in [0.717, 1.165) is 30.7 Å². The highest BCUT2D eigenvalue weighted by molar-refractivity contribution is 7.23. The lowest BCUT2D eigenvalue weighted by molar-refractivity contribution is 0.244. The summed E-state index contributed by atoms with van der Waals surface area (Å²) in [6, 6.07) is 5.25. The van der Waals surface area contributed by atoms with Crippen LogP contribution in [-0.4, -0.2) is 41.2 Å². The lowest BCUT2D eigenvalue weighted by Crippen LogP contribution is -2.60. The normalized spacial score (nSPS) is 22.7. The van der Waals surface area contributed by atoms with E-state index in [-0.39, 0.29) is 60.2 Å². The summed E-state index contributed by atoms with van der Waals surface area (Å²) >= 11 is 7.81. The van der Waals surface area contributed by atoms with E-state index >= 15 is 4.39 Å². The average molecular weight is 511 g/mol. The van der Waals surface area contributed by atoms with E-state index in [0.29, 0.717) is 23.9 Å². The van der Waals surface area contributed by atoms with E-state index in [1.54, 1.807) is 0 Å². The van der Waals surface area contributed by atoms with Crippen molar-refractivity contribution in [2.75, 3.05) is 23.8 Å². The van der Waals surface area contributed by atoms with Gasteiger partial charge in [0.2, 0.25) is 0 Å². The van der Waals surface area contributed by atoms with Crippen molar-refractivity contribution >= 4 is 54.7 Å². The topological polar surface area (TPSA) is 100 Å². The Bertz CT molecular complexity index is 1620. The molecular weight excluding hydrogens is 494 g/mol. The molecule has 0 saturated carbocycles. The van der Waals surface area contributed by atoms with Crippen LogP contribution in [0.3, 0.4) is 0 Å². The van der Waals surface area contributed by atoms with Gasteiger partial charge in [0.25, 0.3) is 0 Å². The second kappa shape index (κ2) is 7.37. The summed E-state index contributed by atoms with van der Waals surface area (Å²) in [6.45, 7) is 1.07. The summed E-state index contributed by atoms with van der Waals surface area (Å²) in [6.07, 6.45) is 3.44. The van der Waals surface area contributed by atoms with Crippen molar-refractivity contribution in [3.63, 3.8) is 0 Å². The van der Waals surface area contributed by atoms with Crippen LogP contribution in [0, 0.1) is 23.0 Å². The number of hydrogen-bond acceptors (Lipinski definition) is 8. The summed E-state index contributed by atoms with van der Waals surface area (Å²) < 4.78 is 37.3. The van der Waals surface area contributed by atoms with Gasteiger partial charge in [-0.1, -0.05) is 17.7 Å². The van der Waals surface area contributed by atoms with Crippen LogP contribution in [0.4, 0.5) is 19.6 Å². The van der Waals surface area contributed by atoms with Gasteiger partial charge in [-0.15, -0.1) is 11.3 Å². The quantitative estimate of drug-likeness (QED) is 0.386. The SMILES string of the molecule is N#Cc1c(N)sc2c(F)ccc(-c3c(Cl)c4c5c(ncnc5c3F)N3CC5CCC(N5)[C@H]3CO4)c12. The number of nitrogen functional groups attached to an aromatic ring is 1. The summed E-state index contributed by atoms with van der Waals surface area (Å²) in [5.41, 5.74) is 6.41. The van der Waals surface area contributed by atoms with Gasteiger partial charge in [-0.05, 0) is 24.5 Å². The standard InChI is InChI=1S/C24H17ClF2N6OS/c25-18-16(10-2-3-12(26)22-15(10)11(5-28)23(29)35-22)19(27)20-17-21(18)34-7-14-13-4-1-9(32-13)6-33(14)24(17)31-8-30-20/h2-3,8-9,13-14,32H,1,4,6-7,29H2/t9?,13?,14-/m1/s1. The van der Waals surface area contributed by atoms with Gasteiger partial charge in [0.05, 0.1) is 26.7 Å². The Labute approximate surface area is 207 Å². The Morgan fingerprint density at radius 2 is 2.11 bits per heavy atom. The Hall–Kier alpha value is -3.26. The van der Waals surface area contributed by atoms with Gasteiger partial charge in [0.1, 0.15) is 41.2 Å². The fraction of sp³-hybridized carbons (Fsp3) is 0.292. The number of thiophene rings is 1.